The highest BCUT2D eigenvalue weighted by atomic mass is 16.2. The van der Waals surface area contributed by atoms with Crippen LogP contribution in [0, 0.1) is 6.92 Å². The van der Waals surface area contributed by atoms with E-state index in [1.807, 2.05) is 43.3 Å². The van der Waals surface area contributed by atoms with Crippen LogP contribution in [0.3, 0.4) is 0 Å². The second-order valence-corrected chi connectivity index (χ2v) is 5.61. The van der Waals surface area contributed by atoms with E-state index >= 15 is 0 Å². The first-order valence-electron chi connectivity index (χ1n) is 7.35. The number of carbonyl (C=O) groups excluding carboxylic acids is 1. The molecule has 3 nitrogen and oxygen atoms in total. The Balaban J connectivity index is 1.75. The first-order valence-corrected chi connectivity index (χ1v) is 7.35. The van der Waals surface area contributed by atoms with E-state index < -0.39 is 0 Å². The van der Waals surface area contributed by atoms with Crippen LogP contribution in [0.25, 0.3) is 0 Å². The molecule has 0 spiro atoms. The fourth-order valence-electron chi connectivity index (χ4n) is 2.98. The van der Waals surface area contributed by atoms with E-state index in [1.165, 1.54) is 11.1 Å². The number of anilines is 1. The molecule has 2 aromatic rings. The van der Waals surface area contributed by atoms with Gasteiger partial charge in [0, 0.05) is 12.2 Å². The number of amides is 1. The minimum Gasteiger partial charge on any atom is -0.384 e. The molecule has 1 amide bonds. The van der Waals surface area contributed by atoms with Gasteiger partial charge >= 0.3 is 0 Å². The number of benzene rings is 2. The molecule has 0 aromatic heterocycles. The maximum Gasteiger partial charge on any atom is 0.229 e. The van der Waals surface area contributed by atoms with E-state index in [2.05, 4.69) is 29.7 Å². The molecule has 1 unspecified atom stereocenters. The van der Waals surface area contributed by atoms with Crippen molar-refractivity contribution in [1.29, 1.82) is 0 Å². The predicted octanol–water partition coefficient (Wildman–Crippen LogP) is 3.38. The number of rotatable bonds is 3. The van der Waals surface area contributed by atoms with Gasteiger partial charge < -0.3 is 10.6 Å². The summed E-state index contributed by atoms with van der Waals surface area (Å²) in [7, 11) is 0. The molecular formula is C18H20N2O. The highest BCUT2D eigenvalue weighted by Gasteiger charge is 2.29. The number of carbonyl (C=O) groups is 1. The fraction of sp³-hybridized carbons (Fsp3) is 0.278. The Bertz CT molecular complexity index is 666. The summed E-state index contributed by atoms with van der Waals surface area (Å²) in [5.74, 6) is -0.0177. The van der Waals surface area contributed by atoms with Gasteiger partial charge in [-0.15, -0.1) is 0 Å². The van der Waals surface area contributed by atoms with Crippen molar-refractivity contribution in [2.75, 3.05) is 11.9 Å². The third-order valence-electron chi connectivity index (χ3n) is 4.16. The summed E-state index contributed by atoms with van der Waals surface area (Å²) in [4.78, 5) is 12.6. The third kappa shape index (κ3) is 2.64. The van der Waals surface area contributed by atoms with E-state index in [9.17, 15) is 4.79 Å². The minimum absolute atomic E-state index is 0.0199. The van der Waals surface area contributed by atoms with Gasteiger partial charge in [0.05, 0.1) is 12.0 Å². The highest BCUT2D eigenvalue weighted by Crippen LogP contribution is 2.31. The molecule has 2 N–H and O–H groups in total. The van der Waals surface area contributed by atoms with Crippen molar-refractivity contribution in [3.05, 3.63) is 65.2 Å². The Morgan fingerprint density at radius 2 is 1.90 bits per heavy atom. The Kier molecular flexibility index (Phi) is 3.65. The smallest absolute Gasteiger partial charge is 0.229 e. The van der Waals surface area contributed by atoms with Crippen LogP contribution in [-0.2, 0) is 4.79 Å². The van der Waals surface area contributed by atoms with Gasteiger partial charge in [-0.1, -0.05) is 42.5 Å². The summed E-state index contributed by atoms with van der Waals surface area (Å²) in [6.45, 7) is 4.78. The van der Waals surface area contributed by atoms with E-state index in [0.717, 1.165) is 11.3 Å². The number of fused-ring (bicyclic) bond motifs is 1. The van der Waals surface area contributed by atoms with E-state index in [1.54, 1.807) is 0 Å². The number of hydrogen-bond acceptors (Lipinski definition) is 2. The van der Waals surface area contributed by atoms with Gasteiger partial charge in [-0.3, -0.25) is 4.79 Å². The predicted molar refractivity (Wildman–Crippen MR) is 85.4 cm³/mol. The summed E-state index contributed by atoms with van der Waals surface area (Å²) in [5.41, 5.74) is 4.54. The summed E-state index contributed by atoms with van der Waals surface area (Å²) in [5, 5.41) is 6.44. The van der Waals surface area contributed by atoms with Crippen molar-refractivity contribution in [1.82, 2.24) is 5.32 Å². The van der Waals surface area contributed by atoms with Crippen LogP contribution in [0.5, 0.6) is 0 Å². The van der Waals surface area contributed by atoms with Crippen LogP contribution in [0.4, 0.5) is 5.69 Å². The first kappa shape index (κ1) is 13.7. The molecular weight excluding hydrogens is 260 g/mol. The Morgan fingerprint density at radius 1 is 1.19 bits per heavy atom. The normalized spacial score (nSPS) is 17.7. The molecule has 0 bridgehead atoms. The molecule has 2 atom stereocenters. The van der Waals surface area contributed by atoms with Crippen LogP contribution in [0.15, 0.2) is 48.5 Å². The average molecular weight is 280 g/mol. The van der Waals surface area contributed by atoms with Gasteiger partial charge in [0.25, 0.3) is 0 Å². The number of nitrogens with one attached hydrogen (secondary N) is 2. The lowest BCUT2D eigenvalue weighted by atomic mass is 9.98. The quantitative estimate of drug-likeness (QED) is 0.905. The zero-order valence-corrected chi connectivity index (χ0v) is 12.4. The zero-order valence-electron chi connectivity index (χ0n) is 12.4. The Labute approximate surface area is 125 Å². The van der Waals surface area contributed by atoms with Gasteiger partial charge in [-0.25, -0.2) is 0 Å². The van der Waals surface area contributed by atoms with Gasteiger partial charge in [-0.2, -0.15) is 0 Å². The second-order valence-electron chi connectivity index (χ2n) is 5.61. The molecule has 1 heterocycles. The summed E-state index contributed by atoms with van der Waals surface area (Å²) < 4.78 is 0. The second kappa shape index (κ2) is 5.60. The summed E-state index contributed by atoms with van der Waals surface area (Å²) >= 11 is 0. The van der Waals surface area contributed by atoms with Gasteiger partial charge in [-0.05, 0) is 36.6 Å². The van der Waals surface area contributed by atoms with Crippen LogP contribution in [0.2, 0.25) is 0 Å². The summed E-state index contributed by atoms with van der Waals surface area (Å²) in [6.07, 6.45) is 0. The largest absolute Gasteiger partial charge is 0.384 e. The number of para-hydroxylation sites is 1. The van der Waals surface area contributed by atoms with E-state index in [-0.39, 0.29) is 17.9 Å². The van der Waals surface area contributed by atoms with E-state index in [4.69, 9.17) is 0 Å². The first-order chi connectivity index (χ1) is 10.2. The average Bonchev–Trinajstić information content (AvgIpc) is 2.91. The van der Waals surface area contributed by atoms with Gasteiger partial charge in [0.2, 0.25) is 5.91 Å². The molecule has 108 valence electrons. The van der Waals surface area contributed by atoms with Crippen LogP contribution in [0.1, 0.15) is 35.6 Å². The lowest BCUT2D eigenvalue weighted by molar-refractivity contribution is -0.122. The van der Waals surface area contributed by atoms with E-state index in [0.29, 0.717) is 6.54 Å². The summed E-state index contributed by atoms with van der Waals surface area (Å²) in [6, 6.07) is 16.2. The Hall–Kier alpha value is -2.29. The molecule has 21 heavy (non-hydrogen) atoms. The van der Waals surface area contributed by atoms with Gasteiger partial charge in [0.15, 0.2) is 0 Å². The molecule has 3 rings (SSSR count). The molecule has 0 fully saturated rings. The monoisotopic (exact) mass is 280 g/mol. The van der Waals surface area contributed by atoms with Crippen molar-refractivity contribution in [3.8, 4) is 0 Å². The number of hydrogen-bond donors (Lipinski definition) is 2. The molecule has 0 saturated carbocycles. The maximum absolute atomic E-state index is 12.6. The lowest BCUT2D eigenvalue weighted by Crippen LogP contribution is -2.32. The van der Waals surface area contributed by atoms with Crippen LogP contribution >= 0.6 is 0 Å². The molecule has 0 radical (unpaired) electrons. The van der Waals surface area contributed by atoms with Crippen molar-refractivity contribution < 1.29 is 4.79 Å². The van der Waals surface area contributed by atoms with Gasteiger partial charge in [0.1, 0.15) is 0 Å². The highest BCUT2D eigenvalue weighted by molar-refractivity contribution is 5.88. The van der Waals surface area contributed by atoms with Crippen molar-refractivity contribution in [2.24, 2.45) is 0 Å². The van der Waals surface area contributed by atoms with Crippen molar-refractivity contribution in [3.63, 3.8) is 0 Å². The molecule has 1 aliphatic heterocycles. The maximum atomic E-state index is 12.6. The van der Waals surface area contributed by atoms with Crippen molar-refractivity contribution in [2.45, 2.75) is 25.8 Å². The molecule has 0 saturated heterocycles. The molecule has 1 aliphatic rings. The standard InChI is InChI=1S/C18H20N2O/c1-12-7-3-4-8-14(12)13(2)20-18(21)16-11-19-17-10-6-5-9-15(16)17/h3-10,13,16,19H,11H2,1-2H3,(H,20,21)/t13-,16?/m0/s1. The van der Waals surface area contributed by atoms with Crippen LogP contribution < -0.4 is 10.6 Å². The molecule has 2 aromatic carbocycles. The topological polar surface area (TPSA) is 41.1 Å². The van der Waals surface area contributed by atoms with Crippen LogP contribution in [-0.4, -0.2) is 12.5 Å². The zero-order chi connectivity index (χ0) is 14.8. The SMILES string of the molecule is Cc1ccccc1[C@H](C)NC(=O)C1CNc2ccccc21. The fourth-order valence-corrected chi connectivity index (χ4v) is 2.98. The molecule has 3 heteroatoms. The lowest BCUT2D eigenvalue weighted by Gasteiger charge is -2.19. The third-order valence-corrected chi connectivity index (χ3v) is 4.16. The van der Waals surface area contributed by atoms with Crippen molar-refractivity contribution >= 4 is 11.6 Å². The molecule has 0 aliphatic carbocycles. The number of aryl methyl sites for hydroxylation is 1. The minimum atomic E-state index is -0.104. The Morgan fingerprint density at radius 3 is 2.71 bits per heavy atom.